The third kappa shape index (κ3) is 5.17. The van der Waals surface area contributed by atoms with Crippen molar-refractivity contribution in [1.82, 2.24) is 9.66 Å². The fourth-order valence-electron chi connectivity index (χ4n) is 4.32. The number of fused-ring (bicyclic) bond motifs is 2. The zero-order valence-electron chi connectivity index (χ0n) is 21.2. The lowest BCUT2D eigenvalue weighted by atomic mass is 10.2. The van der Waals surface area contributed by atoms with Crippen LogP contribution in [0.5, 0.6) is 11.5 Å². The molecule has 6 aromatic rings. The number of hydrogen-bond donors (Lipinski definition) is 0. The summed E-state index contributed by atoms with van der Waals surface area (Å²) in [5, 5.41) is 5.89. The van der Waals surface area contributed by atoms with Gasteiger partial charge in [0.25, 0.3) is 5.56 Å². The Bertz CT molecular complexity index is 1950. The van der Waals surface area contributed by atoms with Gasteiger partial charge in [-0.15, -0.1) is 0 Å². The molecule has 9 heteroatoms. The molecule has 0 fully saturated rings. The molecule has 0 saturated heterocycles. The molecule has 198 valence electrons. The Kier molecular flexibility index (Phi) is 7.23. The standard InChI is InChI=1S/C31H21Br2N3O4/c1-38-27-14-20(13-24(33)29(27)39-18-19-7-3-2-4-8-19)17-34-36-30(35-25-10-6-5-9-23(25)31(36)37)28-16-21-15-22(32)11-12-26(21)40-28/h2-17H,18H2,1H3. The van der Waals surface area contributed by atoms with E-state index < -0.39 is 0 Å². The Morgan fingerprint density at radius 2 is 1.77 bits per heavy atom. The number of hydrogen-bond acceptors (Lipinski definition) is 6. The number of benzene rings is 4. The number of furan rings is 1. The molecular weight excluding hydrogens is 638 g/mol. The predicted octanol–water partition coefficient (Wildman–Crippen LogP) is 7.80. The van der Waals surface area contributed by atoms with Crippen molar-refractivity contribution < 1.29 is 13.9 Å². The first-order valence-corrected chi connectivity index (χ1v) is 13.9. The van der Waals surface area contributed by atoms with E-state index in [0.29, 0.717) is 56.2 Å². The molecule has 0 bridgehead atoms. The highest BCUT2D eigenvalue weighted by Gasteiger charge is 2.17. The number of aromatic nitrogens is 2. The van der Waals surface area contributed by atoms with Crippen LogP contribution in [0.25, 0.3) is 33.5 Å². The average Bonchev–Trinajstić information content (AvgIpc) is 3.39. The molecule has 40 heavy (non-hydrogen) atoms. The Morgan fingerprint density at radius 1 is 0.975 bits per heavy atom. The van der Waals surface area contributed by atoms with Gasteiger partial charge < -0.3 is 13.9 Å². The first kappa shape index (κ1) is 26.0. The van der Waals surface area contributed by atoms with Crippen molar-refractivity contribution in [3.05, 3.63) is 121 Å². The molecule has 7 nitrogen and oxygen atoms in total. The van der Waals surface area contributed by atoms with E-state index in [1.807, 2.05) is 66.7 Å². The lowest BCUT2D eigenvalue weighted by molar-refractivity contribution is 0.282. The third-order valence-corrected chi connectivity index (χ3v) is 7.33. The summed E-state index contributed by atoms with van der Waals surface area (Å²) in [6.45, 7) is 0.388. The van der Waals surface area contributed by atoms with Crippen molar-refractivity contribution in [1.29, 1.82) is 0 Å². The fourth-order valence-corrected chi connectivity index (χ4v) is 5.28. The number of rotatable bonds is 7. The number of para-hydroxylation sites is 1. The van der Waals surface area contributed by atoms with E-state index in [0.717, 1.165) is 15.4 Å². The zero-order valence-corrected chi connectivity index (χ0v) is 24.3. The number of ether oxygens (including phenoxy) is 2. The van der Waals surface area contributed by atoms with Gasteiger partial charge in [-0.3, -0.25) is 4.79 Å². The molecule has 2 heterocycles. The Balaban J connectivity index is 1.41. The molecule has 0 atom stereocenters. The van der Waals surface area contributed by atoms with E-state index >= 15 is 0 Å². The van der Waals surface area contributed by atoms with Crippen LogP contribution in [0.4, 0.5) is 0 Å². The molecule has 0 radical (unpaired) electrons. The topological polar surface area (TPSA) is 78.9 Å². The highest BCUT2D eigenvalue weighted by molar-refractivity contribution is 9.10. The van der Waals surface area contributed by atoms with Gasteiger partial charge in [0.1, 0.15) is 12.2 Å². The van der Waals surface area contributed by atoms with Crippen LogP contribution >= 0.6 is 31.9 Å². The van der Waals surface area contributed by atoms with Crippen LogP contribution in [0.15, 0.2) is 114 Å². The summed E-state index contributed by atoms with van der Waals surface area (Å²) in [7, 11) is 1.58. The fraction of sp³-hybridized carbons (Fsp3) is 0.0645. The normalized spacial score (nSPS) is 11.5. The van der Waals surface area contributed by atoms with E-state index in [1.165, 1.54) is 4.68 Å². The van der Waals surface area contributed by atoms with Gasteiger partial charge in [-0.2, -0.15) is 9.78 Å². The molecule has 0 aliphatic heterocycles. The quantitative estimate of drug-likeness (QED) is 0.164. The number of nitrogens with zero attached hydrogens (tertiary/aromatic N) is 3. The van der Waals surface area contributed by atoms with Gasteiger partial charge in [0.15, 0.2) is 17.3 Å². The predicted molar refractivity (Wildman–Crippen MR) is 163 cm³/mol. The summed E-state index contributed by atoms with van der Waals surface area (Å²) >= 11 is 7.09. The molecule has 0 amide bonds. The minimum Gasteiger partial charge on any atom is -0.493 e. The molecule has 0 spiro atoms. The minimum absolute atomic E-state index is 0.293. The van der Waals surface area contributed by atoms with E-state index in [1.54, 1.807) is 37.6 Å². The summed E-state index contributed by atoms with van der Waals surface area (Å²) < 4.78 is 20.6. The minimum atomic E-state index is -0.313. The van der Waals surface area contributed by atoms with Crippen LogP contribution < -0.4 is 15.0 Å². The van der Waals surface area contributed by atoms with E-state index in [-0.39, 0.29) is 5.56 Å². The SMILES string of the molecule is COc1cc(C=Nn2c(-c3cc4cc(Br)ccc4o3)nc3ccccc3c2=O)cc(Br)c1OCc1ccccc1. The Labute approximate surface area is 245 Å². The highest BCUT2D eigenvalue weighted by atomic mass is 79.9. The average molecular weight is 659 g/mol. The van der Waals surface area contributed by atoms with Crippen LogP contribution in [-0.2, 0) is 6.61 Å². The largest absolute Gasteiger partial charge is 0.493 e. The maximum atomic E-state index is 13.6. The molecule has 6 rings (SSSR count). The second kappa shape index (κ2) is 11.1. The number of halogens is 2. The van der Waals surface area contributed by atoms with Crippen molar-refractivity contribution in [2.24, 2.45) is 5.10 Å². The van der Waals surface area contributed by atoms with Gasteiger partial charge >= 0.3 is 0 Å². The Morgan fingerprint density at radius 3 is 2.60 bits per heavy atom. The van der Waals surface area contributed by atoms with Crippen molar-refractivity contribution in [3.63, 3.8) is 0 Å². The van der Waals surface area contributed by atoms with Gasteiger partial charge in [-0.25, -0.2) is 4.98 Å². The molecule has 2 aromatic heterocycles. The Hall–Kier alpha value is -4.21. The van der Waals surface area contributed by atoms with E-state index in [9.17, 15) is 4.79 Å². The monoisotopic (exact) mass is 657 g/mol. The van der Waals surface area contributed by atoms with E-state index in [4.69, 9.17) is 18.9 Å². The zero-order chi connectivity index (χ0) is 27.6. The van der Waals surface area contributed by atoms with Crippen LogP contribution in [0.1, 0.15) is 11.1 Å². The first-order valence-electron chi connectivity index (χ1n) is 12.3. The summed E-state index contributed by atoms with van der Waals surface area (Å²) in [5.74, 6) is 1.82. The molecular formula is C31H21Br2N3O4. The lowest BCUT2D eigenvalue weighted by Crippen LogP contribution is -2.20. The number of methoxy groups -OCH3 is 1. The first-order chi connectivity index (χ1) is 19.5. The van der Waals surface area contributed by atoms with Crippen LogP contribution in [-0.4, -0.2) is 23.0 Å². The molecule has 0 saturated carbocycles. The van der Waals surface area contributed by atoms with Gasteiger partial charge in [-0.05, 0) is 75.6 Å². The third-order valence-electron chi connectivity index (χ3n) is 6.25. The summed E-state index contributed by atoms with van der Waals surface area (Å²) in [6, 6.07) is 28.2. The van der Waals surface area contributed by atoms with Crippen molar-refractivity contribution >= 4 is 59.9 Å². The smallest absolute Gasteiger partial charge is 0.282 e. The van der Waals surface area contributed by atoms with Crippen LogP contribution in [0.3, 0.4) is 0 Å². The molecule has 4 aromatic carbocycles. The van der Waals surface area contributed by atoms with Crippen LogP contribution in [0.2, 0.25) is 0 Å². The van der Waals surface area contributed by atoms with Crippen LogP contribution in [0, 0.1) is 0 Å². The van der Waals surface area contributed by atoms with Gasteiger partial charge in [0.2, 0.25) is 5.82 Å². The maximum Gasteiger partial charge on any atom is 0.282 e. The molecule has 0 N–H and O–H groups in total. The second-order valence-electron chi connectivity index (χ2n) is 8.92. The van der Waals surface area contributed by atoms with Gasteiger partial charge in [0.05, 0.1) is 28.7 Å². The van der Waals surface area contributed by atoms with Crippen molar-refractivity contribution in [2.45, 2.75) is 6.61 Å². The molecule has 0 aliphatic rings. The molecule has 0 aliphatic carbocycles. The molecule has 0 unspecified atom stereocenters. The lowest BCUT2D eigenvalue weighted by Gasteiger charge is -2.13. The maximum absolute atomic E-state index is 13.6. The van der Waals surface area contributed by atoms with Gasteiger partial charge in [0, 0.05) is 9.86 Å². The van der Waals surface area contributed by atoms with Gasteiger partial charge in [-0.1, -0.05) is 58.4 Å². The van der Waals surface area contributed by atoms with Crippen molar-refractivity contribution in [3.8, 4) is 23.1 Å². The summed E-state index contributed by atoms with van der Waals surface area (Å²) in [6.07, 6.45) is 1.58. The highest BCUT2D eigenvalue weighted by Crippen LogP contribution is 2.37. The summed E-state index contributed by atoms with van der Waals surface area (Å²) in [4.78, 5) is 18.3. The summed E-state index contributed by atoms with van der Waals surface area (Å²) in [5.41, 5.74) is 2.65. The van der Waals surface area contributed by atoms with Crippen molar-refractivity contribution in [2.75, 3.05) is 7.11 Å². The second-order valence-corrected chi connectivity index (χ2v) is 10.7. The van der Waals surface area contributed by atoms with E-state index in [2.05, 4.69) is 37.0 Å².